The van der Waals surface area contributed by atoms with Crippen LogP contribution >= 0.6 is 11.8 Å². The third kappa shape index (κ3) is 5.40. The Bertz CT molecular complexity index is 836. The Labute approximate surface area is 160 Å². The Morgan fingerprint density at radius 2 is 1.81 bits per heavy atom. The number of nitrogens with zero attached hydrogens (tertiary/aromatic N) is 1. The number of alkyl halides is 2. The quantitative estimate of drug-likeness (QED) is 0.572. The van der Waals surface area contributed by atoms with Crippen molar-refractivity contribution >= 4 is 41.0 Å². The summed E-state index contributed by atoms with van der Waals surface area (Å²) in [5, 5.41) is 2.68. The molecular weight excluding hydrogens is 370 g/mol. The van der Waals surface area contributed by atoms with Gasteiger partial charge >= 0.3 is 0 Å². The minimum atomic E-state index is -2.47. The highest BCUT2D eigenvalue weighted by molar-refractivity contribution is 7.99. The zero-order chi connectivity index (χ0) is 19.2. The summed E-state index contributed by atoms with van der Waals surface area (Å²) in [5.41, 5.74) is 2.23. The molecule has 1 aliphatic rings. The summed E-state index contributed by atoms with van der Waals surface area (Å²) in [4.78, 5) is 25.9. The Balaban J connectivity index is 1.55. The van der Waals surface area contributed by atoms with Crippen molar-refractivity contribution < 1.29 is 18.4 Å². The standard InChI is InChI=1S/C20H18F2N2O2S/c21-20(22)27-17-10-6-15(7-11-17)23-18(25)12-5-14-3-8-16(9-4-14)24-13-1-2-19(24)26/h3-12,20H,1-2,13H2,(H,23,25)/b12-5+. The largest absolute Gasteiger partial charge is 0.323 e. The van der Waals surface area contributed by atoms with Gasteiger partial charge in [-0.15, -0.1) is 0 Å². The van der Waals surface area contributed by atoms with Crippen LogP contribution in [0.5, 0.6) is 0 Å². The van der Waals surface area contributed by atoms with Crippen LogP contribution in [0.1, 0.15) is 18.4 Å². The number of rotatable bonds is 6. The van der Waals surface area contributed by atoms with E-state index in [1.807, 2.05) is 24.3 Å². The molecule has 1 aliphatic heterocycles. The fourth-order valence-corrected chi connectivity index (χ4v) is 3.26. The molecule has 0 aliphatic carbocycles. The van der Waals surface area contributed by atoms with Crippen molar-refractivity contribution in [2.75, 3.05) is 16.8 Å². The van der Waals surface area contributed by atoms with Crippen LogP contribution in [0.3, 0.4) is 0 Å². The van der Waals surface area contributed by atoms with Crippen LogP contribution in [0.2, 0.25) is 0 Å². The number of halogens is 2. The minimum absolute atomic E-state index is 0.135. The van der Waals surface area contributed by atoms with Crippen molar-refractivity contribution in [1.82, 2.24) is 0 Å². The summed E-state index contributed by atoms with van der Waals surface area (Å²) < 4.78 is 24.6. The first-order valence-corrected chi connectivity index (χ1v) is 9.33. The van der Waals surface area contributed by atoms with E-state index in [4.69, 9.17) is 0 Å². The van der Waals surface area contributed by atoms with Gasteiger partial charge in [-0.05, 0) is 54.5 Å². The van der Waals surface area contributed by atoms with Crippen molar-refractivity contribution in [2.45, 2.75) is 23.5 Å². The molecule has 27 heavy (non-hydrogen) atoms. The first kappa shape index (κ1) is 19.1. The number of anilines is 2. The molecule has 7 heteroatoms. The van der Waals surface area contributed by atoms with E-state index in [0.29, 0.717) is 28.8 Å². The molecule has 1 saturated heterocycles. The predicted octanol–water partition coefficient (Wildman–Crippen LogP) is 4.78. The molecule has 1 heterocycles. The van der Waals surface area contributed by atoms with E-state index in [1.54, 1.807) is 23.1 Å². The van der Waals surface area contributed by atoms with Crippen molar-refractivity contribution in [2.24, 2.45) is 0 Å². The summed E-state index contributed by atoms with van der Waals surface area (Å²) >= 11 is 0.459. The lowest BCUT2D eigenvalue weighted by molar-refractivity contribution is -0.117. The van der Waals surface area contributed by atoms with E-state index < -0.39 is 5.76 Å². The highest BCUT2D eigenvalue weighted by Crippen LogP contribution is 2.26. The molecule has 1 fully saturated rings. The van der Waals surface area contributed by atoms with Crippen molar-refractivity contribution in [3.63, 3.8) is 0 Å². The molecule has 2 aromatic carbocycles. The molecule has 0 unspecified atom stereocenters. The van der Waals surface area contributed by atoms with Crippen molar-refractivity contribution in [3.8, 4) is 0 Å². The van der Waals surface area contributed by atoms with Crippen molar-refractivity contribution in [3.05, 3.63) is 60.2 Å². The highest BCUT2D eigenvalue weighted by Gasteiger charge is 2.21. The number of thioether (sulfide) groups is 1. The van der Waals surface area contributed by atoms with Gasteiger partial charge in [0.15, 0.2) is 0 Å². The fourth-order valence-electron chi connectivity index (χ4n) is 2.76. The van der Waals surface area contributed by atoms with Gasteiger partial charge in [0, 0.05) is 35.3 Å². The molecular formula is C20H18F2N2O2S. The molecule has 2 aromatic rings. The van der Waals surface area contributed by atoms with Gasteiger partial charge in [0.25, 0.3) is 5.76 Å². The smallest absolute Gasteiger partial charge is 0.288 e. The van der Waals surface area contributed by atoms with Crippen LogP contribution < -0.4 is 10.2 Å². The first-order chi connectivity index (χ1) is 13.0. The van der Waals surface area contributed by atoms with Gasteiger partial charge in [-0.2, -0.15) is 8.78 Å². The van der Waals surface area contributed by atoms with E-state index in [2.05, 4.69) is 5.32 Å². The average molecular weight is 388 g/mol. The summed E-state index contributed by atoms with van der Waals surface area (Å²) in [5.74, 6) is -2.65. The Morgan fingerprint density at radius 1 is 1.11 bits per heavy atom. The number of amides is 2. The number of carbonyl (C=O) groups is 2. The lowest BCUT2D eigenvalue weighted by Gasteiger charge is -2.15. The lowest BCUT2D eigenvalue weighted by atomic mass is 10.2. The average Bonchev–Trinajstić information content (AvgIpc) is 3.08. The number of benzene rings is 2. The van der Waals surface area contributed by atoms with Gasteiger partial charge in [0.1, 0.15) is 0 Å². The normalized spacial score (nSPS) is 14.3. The highest BCUT2D eigenvalue weighted by atomic mass is 32.2. The van der Waals surface area contributed by atoms with Gasteiger partial charge < -0.3 is 10.2 Å². The van der Waals surface area contributed by atoms with Crippen LogP contribution in [0, 0.1) is 0 Å². The molecule has 2 amide bonds. The number of hydrogen-bond acceptors (Lipinski definition) is 3. The summed E-state index contributed by atoms with van der Waals surface area (Å²) in [6, 6.07) is 13.7. The molecule has 4 nitrogen and oxygen atoms in total. The molecule has 0 saturated carbocycles. The maximum atomic E-state index is 12.3. The Morgan fingerprint density at radius 3 is 2.41 bits per heavy atom. The molecule has 0 bridgehead atoms. The van der Waals surface area contributed by atoms with Gasteiger partial charge in [-0.3, -0.25) is 9.59 Å². The summed E-state index contributed by atoms with van der Waals surface area (Å²) in [6.07, 6.45) is 4.54. The zero-order valence-corrected chi connectivity index (χ0v) is 15.2. The molecule has 3 rings (SSSR count). The second-order valence-corrected chi connectivity index (χ2v) is 7.03. The van der Waals surface area contributed by atoms with Crippen molar-refractivity contribution in [1.29, 1.82) is 0 Å². The molecule has 0 spiro atoms. The van der Waals surface area contributed by atoms with E-state index >= 15 is 0 Å². The topological polar surface area (TPSA) is 49.4 Å². The van der Waals surface area contributed by atoms with E-state index in [9.17, 15) is 18.4 Å². The van der Waals surface area contributed by atoms with Gasteiger partial charge in [-0.25, -0.2) is 0 Å². The fraction of sp³-hybridized carbons (Fsp3) is 0.200. The van der Waals surface area contributed by atoms with Crippen LogP contribution in [0.15, 0.2) is 59.5 Å². The van der Waals surface area contributed by atoms with E-state index in [1.165, 1.54) is 18.2 Å². The maximum Gasteiger partial charge on any atom is 0.288 e. The van der Waals surface area contributed by atoms with Gasteiger partial charge in [-0.1, -0.05) is 23.9 Å². The van der Waals surface area contributed by atoms with E-state index in [-0.39, 0.29) is 11.8 Å². The van der Waals surface area contributed by atoms with Crippen LogP contribution in [0.4, 0.5) is 20.2 Å². The first-order valence-electron chi connectivity index (χ1n) is 8.45. The third-order valence-corrected chi connectivity index (χ3v) is 4.77. The molecule has 1 N–H and O–H groups in total. The van der Waals surface area contributed by atoms with Gasteiger partial charge in [0.2, 0.25) is 11.8 Å². The lowest BCUT2D eigenvalue weighted by Crippen LogP contribution is -2.23. The molecule has 0 aromatic heterocycles. The molecule has 0 atom stereocenters. The predicted molar refractivity (Wildman–Crippen MR) is 104 cm³/mol. The number of hydrogen-bond donors (Lipinski definition) is 1. The molecule has 140 valence electrons. The summed E-state index contributed by atoms with van der Waals surface area (Å²) in [7, 11) is 0. The second kappa shape index (κ2) is 8.81. The van der Waals surface area contributed by atoms with Gasteiger partial charge in [0.05, 0.1) is 0 Å². The second-order valence-electron chi connectivity index (χ2n) is 5.97. The molecule has 0 radical (unpaired) electrons. The minimum Gasteiger partial charge on any atom is -0.323 e. The Hall–Kier alpha value is -2.67. The monoisotopic (exact) mass is 388 g/mol. The maximum absolute atomic E-state index is 12.3. The SMILES string of the molecule is O=C(/C=C/c1ccc(N2CCCC2=O)cc1)Nc1ccc(SC(F)F)cc1. The van der Waals surface area contributed by atoms with Crippen LogP contribution in [0.25, 0.3) is 6.08 Å². The Kier molecular flexibility index (Phi) is 6.24. The van der Waals surface area contributed by atoms with Crippen LogP contribution in [-0.2, 0) is 9.59 Å². The van der Waals surface area contributed by atoms with E-state index in [0.717, 1.165) is 24.2 Å². The zero-order valence-electron chi connectivity index (χ0n) is 14.4. The number of carbonyl (C=O) groups excluding carboxylic acids is 2. The van der Waals surface area contributed by atoms with Crippen LogP contribution in [-0.4, -0.2) is 24.1 Å². The number of nitrogens with one attached hydrogen (secondary N) is 1. The summed E-state index contributed by atoms with van der Waals surface area (Å²) in [6.45, 7) is 0.741. The third-order valence-electron chi connectivity index (χ3n) is 4.05.